The number of carbonyl (C=O) groups is 2. The van der Waals surface area contributed by atoms with Crippen LogP contribution in [0.4, 0.5) is 11.5 Å². The summed E-state index contributed by atoms with van der Waals surface area (Å²) in [6, 6.07) is 28.0. The van der Waals surface area contributed by atoms with E-state index in [0.29, 0.717) is 36.2 Å². The van der Waals surface area contributed by atoms with E-state index in [1.807, 2.05) is 60.7 Å². The molecular formula is C36H38ClN5O3S. The van der Waals surface area contributed by atoms with Gasteiger partial charge in [-0.05, 0) is 49.6 Å². The van der Waals surface area contributed by atoms with Crippen LogP contribution in [0.15, 0.2) is 90.1 Å². The molecule has 46 heavy (non-hydrogen) atoms. The summed E-state index contributed by atoms with van der Waals surface area (Å²) in [5, 5.41) is 1.48. The maximum Gasteiger partial charge on any atom is 0.310 e. The van der Waals surface area contributed by atoms with Gasteiger partial charge in [0.05, 0.1) is 28.9 Å². The molecule has 8 nitrogen and oxygen atoms in total. The van der Waals surface area contributed by atoms with E-state index in [4.69, 9.17) is 26.3 Å². The van der Waals surface area contributed by atoms with E-state index in [-0.39, 0.29) is 17.8 Å². The molecule has 2 fully saturated rings. The number of hydrogen-bond donors (Lipinski definition) is 0. The number of anilines is 2. The lowest BCUT2D eigenvalue weighted by atomic mass is 9.97. The van der Waals surface area contributed by atoms with Crippen molar-refractivity contribution in [2.75, 3.05) is 55.7 Å². The maximum atomic E-state index is 13.2. The van der Waals surface area contributed by atoms with Crippen LogP contribution in [0.25, 0.3) is 11.3 Å². The molecule has 4 aromatic rings. The predicted molar refractivity (Wildman–Crippen MR) is 185 cm³/mol. The molecule has 0 spiro atoms. The number of piperazine rings is 1. The third-order valence-corrected chi connectivity index (χ3v) is 9.69. The number of amides is 1. The second kappa shape index (κ2) is 15.0. The maximum absolute atomic E-state index is 13.2. The number of aromatic nitrogens is 2. The molecule has 6 rings (SSSR count). The first-order chi connectivity index (χ1) is 22.5. The molecule has 0 saturated carbocycles. The first-order valence-corrected chi connectivity index (χ1v) is 17.2. The van der Waals surface area contributed by atoms with Gasteiger partial charge in [0.15, 0.2) is 5.16 Å². The second-order valence-corrected chi connectivity index (χ2v) is 12.9. The SMILES string of the molecule is CCOC(=O)C1CCCN(C(=O)c2ccc(CSc3nc(-c4ccccc4)cc(N4CCN(c5ccccc5Cl)CC4)n3)cc2)C1. The lowest BCUT2D eigenvalue weighted by molar-refractivity contribution is -0.149. The topological polar surface area (TPSA) is 78.9 Å². The molecule has 1 atom stereocenters. The standard InChI is InChI=1S/C36H38ClN5O3S/c1-2-45-35(44)29-11-8-18-42(24-29)34(43)28-16-14-26(15-17-28)25-46-36-38-31(27-9-4-3-5-10-27)23-33(39-36)41-21-19-40(20-22-41)32-13-7-6-12-30(32)37/h3-7,9-10,12-17,23,29H,2,8,11,18-22,24-25H2,1H3. The fourth-order valence-corrected chi connectivity index (χ4v) is 7.03. The molecule has 2 aliphatic heterocycles. The first-order valence-electron chi connectivity index (χ1n) is 15.8. The number of hydrogen-bond acceptors (Lipinski definition) is 8. The molecule has 3 aromatic carbocycles. The highest BCUT2D eigenvalue weighted by Gasteiger charge is 2.30. The highest BCUT2D eigenvalue weighted by molar-refractivity contribution is 7.98. The Hall–Kier alpha value is -4.08. The van der Waals surface area contributed by atoms with Crippen molar-refractivity contribution in [3.05, 3.63) is 101 Å². The fraction of sp³-hybridized carbons (Fsp3) is 0.333. The van der Waals surface area contributed by atoms with Crippen molar-refractivity contribution in [3.8, 4) is 11.3 Å². The molecule has 0 radical (unpaired) electrons. The van der Waals surface area contributed by atoms with Crippen molar-refractivity contribution in [3.63, 3.8) is 0 Å². The minimum absolute atomic E-state index is 0.0497. The summed E-state index contributed by atoms with van der Waals surface area (Å²) < 4.78 is 5.19. The summed E-state index contributed by atoms with van der Waals surface area (Å²) in [6.07, 6.45) is 1.55. The zero-order chi connectivity index (χ0) is 31.9. The van der Waals surface area contributed by atoms with Crippen LogP contribution in [0.1, 0.15) is 35.7 Å². The van der Waals surface area contributed by atoms with Gasteiger partial charge in [0, 0.05) is 62.2 Å². The molecule has 1 unspecified atom stereocenters. The Morgan fingerprint density at radius 1 is 0.891 bits per heavy atom. The summed E-state index contributed by atoms with van der Waals surface area (Å²) in [6.45, 7) is 6.57. The average molecular weight is 656 g/mol. The van der Waals surface area contributed by atoms with Gasteiger partial charge in [-0.15, -0.1) is 0 Å². The molecular weight excluding hydrogens is 618 g/mol. The molecule has 1 aromatic heterocycles. The van der Waals surface area contributed by atoms with Crippen LogP contribution >= 0.6 is 23.4 Å². The fourth-order valence-electron chi connectivity index (χ4n) is 5.97. The van der Waals surface area contributed by atoms with Gasteiger partial charge < -0.3 is 19.4 Å². The number of nitrogens with zero attached hydrogens (tertiary/aromatic N) is 5. The van der Waals surface area contributed by atoms with E-state index in [0.717, 1.165) is 72.4 Å². The van der Waals surface area contributed by atoms with Crippen molar-refractivity contribution >= 4 is 46.7 Å². The lowest BCUT2D eigenvalue weighted by Crippen LogP contribution is -2.47. The summed E-state index contributed by atoms with van der Waals surface area (Å²) in [4.78, 5) is 41.8. The van der Waals surface area contributed by atoms with E-state index < -0.39 is 0 Å². The minimum atomic E-state index is -0.254. The van der Waals surface area contributed by atoms with Crippen LogP contribution in [0, 0.1) is 5.92 Å². The van der Waals surface area contributed by atoms with E-state index in [1.165, 1.54) is 0 Å². The minimum Gasteiger partial charge on any atom is -0.466 e. The Kier molecular flexibility index (Phi) is 10.4. The zero-order valence-corrected chi connectivity index (χ0v) is 27.6. The number of halogens is 1. The molecule has 238 valence electrons. The third-order valence-electron chi connectivity index (χ3n) is 8.46. The molecule has 0 bridgehead atoms. The van der Waals surface area contributed by atoms with Crippen LogP contribution < -0.4 is 9.80 Å². The van der Waals surface area contributed by atoms with E-state index in [1.54, 1.807) is 23.6 Å². The Bertz CT molecular complexity index is 1650. The van der Waals surface area contributed by atoms with Crippen molar-refractivity contribution in [1.29, 1.82) is 0 Å². The third kappa shape index (κ3) is 7.65. The number of likely N-dealkylation sites (tertiary alicyclic amines) is 1. The van der Waals surface area contributed by atoms with E-state index >= 15 is 0 Å². The van der Waals surface area contributed by atoms with Crippen LogP contribution in [0.5, 0.6) is 0 Å². The average Bonchev–Trinajstić information content (AvgIpc) is 3.11. The van der Waals surface area contributed by atoms with Gasteiger partial charge in [-0.25, -0.2) is 9.97 Å². The molecule has 10 heteroatoms. The van der Waals surface area contributed by atoms with Gasteiger partial charge in [-0.3, -0.25) is 9.59 Å². The number of esters is 1. The van der Waals surface area contributed by atoms with Gasteiger partial charge >= 0.3 is 5.97 Å². The van der Waals surface area contributed by atoms with Crippen LogP contribution in [-0.4, -0.2) is 72.6 Å². The molecule has 0 N–H and O–H groups in total. The smallest absolute Gasteiger partial charge is 0.310 e. The Morgan fingerprint density at radius 2 is 1.61 bits per heavy atom. The predicted octanol–water partition coefficient (Wildman–Crippen LogP) is 6.83. The number of rotatable bonds is 9. The lowest BCUT2D eigenvalue weighted by Gasteiger charge is -2.37. The Balaban J connectivity index is 1.13. The Labute approximate surface area is 279 Å². The van der Waals surface area contributed by atoms with Gasteiger partial charge in [0.1, 0.15) is 5.82 Å². The number of piperidine rings is 1. The van der Waals surface area contributed by atoms with Crippen molar-refractivity contribution < 1.29 is 14.3 Å². The highest BCUT2D eigenvalue weighted by Crippen LogP contribution is 2.30. The van der Waals surface area contributed by atoms with Gasteiger partial charge in [-0.2, -0.15) is 0 Å². The summed E-state index contributed by atoms with van der Waals surface area (Å²) >= 11 is 8.06. The van der Waals surface area contributed by atoms with Crippen molar-refractivity contribution in [1.82, 2.24) is 14.9 Å². The molecule has 0 aliphatic carbocycles. The summed E-state index contributed by atoms with van der Waals surface area (Å²) in [5.74, 6) is 1.07. The normalized spacial score (nSPS) is 16.7. The largest absolute Gasteiger partial charge is 0.466 e. The number of thioether (sulfide) groups is 1. The van der Waals surface area contributed by atoms with Gasteiger partial charge in [0.25, 0.3) is 5.91 Å². The van der Waals surface area contributed by atoms with Crippen LogP contribution in [0.2, 0.25) is 5.02 Å². The van der Waals surface area contributed by atoms with E-state index in [9.17, 15) is 9.59 Å². The van der Waals surface area contributed by atoms with Crippen molar-refractivity contribution in [2.24, 2.45) is 5.92 Å². The highest BCUT2D eigenvalue weighted by atomic mass is 35.5. The van der Waals surface area contributed by atoms with Gasteiger partial charge in [0.2, 0.25) is 0 Å². The zero-order valence-electron chi connectivity index (χ0n) is 26.0. The van der Waals surface area contributed by atoms with Crippen LogP contribution in [0.3, 0.4) is 0 Å². The number of carbonyl (C=O) groups excluding carboxylic acids is 2. The van der Waals surface area contributed by atoms with Crippen LogP contribution in [-0.2, 0) is 15.3 Å². The molecule has 3 heterocycles. The van der Waals surface area contributed by atoms with Crippen molar-refractivity contribution in [2.45, 2.75) is 30.7 Å². The second-order valence-electron chi connectivity index (χ2n) is 11.5. The van der Waals surface area contributed by atoms with Gasteiger partial charge in [-0.1, -0.05) is 78.0 Å². The molecule has 1 amide bonds. The first kappa shape index (κ1) is 31.9. The monoisotopic (exact) mass is 655 g/mol. The Morgan fingerprint density at radius 3 is 2.35 bits per heavy atom. The summed E-state index contributed by atoms with van der Waals surface area (Å²) in [7, 11) is 0. The molecule has 2 aliphatic rings. The quantitative estimate of drug-likeness (QED) is 0.110. The number of para-hydroxylation sites is 1. The summed E-state index contributed by atoms with van der Waals surface area (Å²) in [5.41, 5.74) is 4.71. The number of benzene rings is 3. The number of ether oxygens (including phenoxy) is 1. The molecule has 2 saturated heterocycles. The van der Waals surface area contributed by atoms with E-state index in [2.05, 4.69) is 34.1 Å².